The molecular formula is C16H22N4O2. The van der Waals surface area contributed by atoms with E-state index in [1.807, 2.05) is 30.2 Å². The Kier molecular flexibility index (Phi) is 4.27. The number of carbonyl (C=O) groups is 2. The molecule has 2 heterocycles. The first-order valence-electron chi connectivity index (χ1n) is 7.87. The number of hydrogen-bond acceptors (Lipinski definition) is 3. The molecule has 6 heteroatoms. The number of carbonyl (C=O) groups excluding carboxylic acids is 2. The molecule has 118 valence electrons. The van der Waals surface area contributed by atoms with Crippen molar-refractivity contribution in [1.29, 1.82) is 0 Å². The predicted molar refractivity (Wildman–Crippen MR) is 82.4 cm³/mol. The van der Waals surface area contributed by atoms with Gasteiger partial charge in [-0.15, -0.1) is 0 Å². The summed E-state index contributed by atoms with van der Waals surface area (Å²) in [5.41, 5.74) is 2.09. The highest BCUT2D eigenvalue weighted by Gasteiger charge is 2.39. The lowest BCUT2D eigenvalue weighted by molar-refractivity contribution is -0.128. The van der Waals surface area contributed by atoms with Gasteiger partial charge in [-0.2, -0.15) is 0 Å². The average molecular weight is 302 g/mol. The van der Waals surface area contributed by atoms with E-state index in [1.54, 1.807) is 0 Å². The molecule has 0 unspecified atom stereocenters. The fraction of sp³-hybridized carbons (Fsp3) is 0.562. The molecule has 3 amide bonds. The summed E-state index contributed by atoms with van der Waals surface area (Å²) in [4.78, 5) is 29.8. The molecule has 1 aliphatic heterocycles. The van der Waals surface area contributed by atoms with Crippen molar-refractivity contribution in [3.63, 3.8) is 0 Å². The van der Waals surface area contributed by atoms with E-state index in [0.29, 0.717) is 25.6 Å². The Balaban J connectivity index is 1.37. The van der Waals surface area contributed by atoms with E-state index in [9.17, 15) is 9.59 Å². The van der Waals surface area contributed by atoms with Crippen LogP contribution in [-0.4, -0.2) is 47.0 Å². The number of aryl methyl sites for hydroxylation is 1. The maximum Gasteiger partial charge on any atom is 0.315 e. The van der Waals surface area contributed by atoms with Crippen molar-refractivity contribution in [3.05, 3.63) is 29.6 Å². The van der Waals surface area contributed by atoms with E-state index in [1.165, 1.54) is 0 Å². The number of pyridine rings is 1. The highest BCUT2D eigenvalue weighted by molar-refractivity contribution is 5.82. The molecular weight excluding hydrogens is 280 g/mol. The topological polar surface area (TPSA) is 74.3 Å². The van der Waals surface area contributed by atoms with E-state index in [4.69, 9.17) is 0 Å². The molecule has 2 fully saturated rings. The Morgan fingerprint density at radius 3 is 2.91 bits per heavy atom. The van der Waals surface area contributed by atoms with E-state index < -0.39 is 0 Å². The lowest BCUT2D eigenvalue weighted by Crippen LogP contribution is -2.44. The van der Waals surface area contributed by atoms with E-state index in [-0.39, 0.29) is 18.0 Å². The molecule has 0 radical (unpaired) electrons. The summed E-state index contributed by atoms with van der Waals surface area (Å²) in [5, 5.41) is 5.73. The van der Waals surface area contributed by atoms with Crippen LogP contribution in [0.5, 0.6) is 0 Å². The second-order valence-corrected chi connectivity index (χ2v) is 6.14. The van der Waals surface area contributed by atoms with Crippen molar-refractivity contribution in [2.45, 2.75) is 44.7 Å². The van der Waals surface area contributed by atoms with Gasteiger partial charge in [-0.1, -0.05) is 6.07 Å². The normalized spacial score (nSPS) is 21.0. The summed E-state index contributed by atoms with van der Waals surface area (Å²) in [6, 6.07) is 4.15. The molecule has 3 rings (SSSR count). The quantitative estimate of drug-likeness (QED) is 0.852. The Morgan fingerprint density at radius 2 is 2.23 bits per heavy atom. The summed E-state index contributed by atoms with van der Waals surface area (Å²) >= 11 is 0. The molecule has 22 heavy (non-hydrogen) atoms. The Hall–Kier alpha value is -2.11. The minimum Gasteiger partial charge on any atom is -0.338 e. The number of rotatable bonds is 5. The molecule has 0 bridgehead atoms. The highest BCUT2D eigenvalue weighted by Crippen LogP contribution is 2.30. The van der Waals surface area contributed by atoms with Crippen LogP contribution < -0.4 is 10.6 Å². The molecule has 1 saturated carbocycles. The molecule has 2 N–H and O–H groups in total. The summed E-state index contributed by atoms with van der Waals surface area (Å²) in [7, 11) is 0. The molecule has 1 aromatic rings. The van der Waals surface area contributed by atoms with E-state index in [2.05, 4.69) is 15.6 Å². The molecule has 1 aliphatic carbocycles. The van der Waals surface area contributed by atoms with Gasteiger partial charge in [0.15, 0.2) is 0 Å². The fourth-order valence-electron chi connectivity index (χ4n) is 2.77. The van der Waals surface area contributed by atoms with Gasteiger partial charge in [-0.05, 0) is 37.8 Å². The Morgan fingerprint density at radius 1 is 1.41 bits per heavy atom. The minimum absolute atomic E-state index is 0.0610. The number of nitrogens with zero attached hydrogens (tertiary/aromatic N) is 2. The Labute approximate surface area is 130 Å². The van der Waals surface area contributed by atoms with E-state index >= 15 is 0 Å². The summed E-state index contributed by atoms with van der Waals surface area (Å²) < 4.78 is 0. The minimum atomic E-state index is -0.199. The number of amides is 3. The van der Waals surface area contributed by atoms with Gasteiger partial charge < -0.3 is 15.5 Å². The van der Waals surface area contributed by atoms with Crippen molar-refractivity contribution in [2.75, 3.05) is 13.1 Å². The number of hydrogen-bond donors (Lipinski definition) is 2. The fourth-order valence-corrected chi connectivity index (χ4v) is 2.77. The maximum absolute atomic E-state index is 11.9. The molecule has 2 aliphatic rings. The molecule has 1 aromatic heterocycles. The first-order valence-corrected chi connectivity index (χ1v) is 7.87. The maximum atomic E-state index is 11.9. The van der Waals surface area contributed by atoms with Gasteiger partial charge in [0, 0.05) is 37.4 Å². The molecule has 1 atom stereocenters. The van der Waals surface area contributed by atoms with Crippen molar-refractivity contribution < 1.29 is 9.59 Å². The van der Waals surface area contributed by atoms with Crippen molar-refractivity contribution >= 4 is 11.9 Å². The van der Waals surface area contributed by atoms with Crippen LogP contribution in [0, 0.1) is 6.92 Å². The third-order valence-electron chi connectivity index (χ3n) is 4.15. The van der Waals surface area contributed by atoms with Crippen molar-refractivity contribution in [1.82, 2.24) is 20.5 Å². The zero-order chi connectivity index (χ0) is 15.5. The van der Waals surface area contributed by atoms with Crippen LogP contribution in [0.2, 0.25) is 0 Å². The monoisotopic (exact) mass is 302 g/mol. The molecule has 0 aromatic carbocycles. The zero-order valence-electron chi connectivity index (χ0n) is 12.8. The standard InChI is InChI=1S/C16H22N4O2/c1-11-2-3-12(9-18-11)6-7-17-16(22)19-13-8-15(21)20(10-13)14-4-5-14/h2-3,9,13-14H,4-8,10H2,1H3,(H2,17,19,22)/t13-/m0/s1. The zero-order valence-corrected chi connectivity index (χ0v) is 12.8. The van der Waals surface area contributed by atoms with Crippen LogP contribution in [0.4, 0.5) is 4.79 Å². The lowest BCUT2D eigenvalue weighted by atomic mass is 10.2. The average Bonchev–Trinajstić information content (AvgIpc) is 3.26. The Bertz CT molecular complexity index is 554. The lowest BCUT2D eigenvalue weighted by Gasteiger charge is -2.16. The van der Waals surface area contributed by atoms with Gasteiger partial charge in [0.2, 0.25) is 5.91 Å². The second kappa shape index (κ2) is 6.34. The number of nitrogens with one attached hydrogen (secondary N) is 2. The number of likely N-dealkylation sites (tertiary alicyclic amines) is 1. The summed E-state index contributed by atoms with van der Waals surface area (Å²) in [5.74, 6) is 0.165. The SMILES string of the molecule is Cc1ccc(CCNC(=O)N[C@H]2CC(=O)N(C3CC3)C2)cn1. The molecule has 0 spiro atoms. The predicted octanol–water partition coefficient (Wildman–Crippen LogP) is 0.995. The van der Waals surface area contributed by atoms with Crippen molar-refractivity contribution in [3.8, 4) is 0 Å². The summed E-state index contributed by atoms with van der Waals surface area (Å²) in [6.45, 7) is 3.16. The van der Waals surface area contributed by atoms with Crippen LogP contribution >= 0.6 is 0 Å². The smallest absolute Gasteiger partial charge is 0.315 e. The van der Waals surface area contributed by atoms with Crippen LogP contribution in [0.15, 0.2) is 18.3 Å². The summed E-state index contributed by atoms with van der Waals surface area (Å²) in [6.07, 6.45) is 5.22. The van der Waals surface area contributed by atoms with Crippen LogP contribution in [0.3, 0.4) is 0 Å². The third kappa shape index (κ3) is 3.75. The highest BCUT2D eigenvalue weighted by atomic mass is 16.2. The van der Waals surface area contributed by atoms with Gasteiger partial charge in [0.1, 0.15) is 0 Å². The first kappa shape index (κ1) is 14.8. The van der Waals surface area contributed by atoms with Crippen LogP contribution in [0.1, 0.15) is 30.5 Å². The largest absolute Gasteiger partial charge is 0.338 e. The van der Waals surface area contributed by atoms with Crippen LogP contribution in [0.25, 0.3) is 0 Å². The van der Waals surface area contributed by atoms with Gasteiger partial charge >= 0.3 is 6.03 Å². The molecule has 1 saturated heterocycles. The first-order chi connectivity index (χ1) is 10.6. The molecule has 6 nitrogen and oxygen atoms in total. The van der Waals surface area contributed by atoms with Crippen molar-refractivity contribution in [2.24, 2.45) is 0 Å². The van der Waals surface area contributed by atoms with Crippen LogP contribution in [-0.2, 0) is 11.2 Å². The number of urea groups is 1. The number of aromatic nitrogens is 1. The third-order valence-corrected chi connectivity index (χ3v) is 4.15. The second-order valence-electron chi connectivity index (χ2n) is 6.14. The van der Waals surface area contributed by atoms with Gasteiger partial charge in [-0.25, -0.2) is 4.79 Å². The van der Waals surface area contributed by atoms with Gasteiger partial charge in [0.05, 0.1) is 6.04 Å². The van der Waals surface area contributed by atoms with Gasteiger partial charge in [-0.3, -0.25) is 9.78 Å². The van der Waals surface area contributed by atoms with Gasteiger partial charge in [0.25, 0.3) is 0 Å². The van der Waals surface area contributed by atoms with E-state index in [0.717, 1.165) is 30.5 Å².